The van der Waals surface area contributed by atoms with Gasteiger partial charge in [-0.3, -0.25) is 0 Å². The molecule has 1 aliphatic heterocycles. The minimum absolute atomic E-state index is 0.0741. The van der Waals surface area contributed by atoms with Crippen LogP contribution in [0.25, 0.3) is 0 Å². The van der Waals surface area contributed by atoms with Crippen molar-refractivity contribution in [2.75, 3.05) is 33.0 Å². The summed E-state index contributed by atoms with van der Waals surface area (Å²) in [4.78, 5) is 0. The molecule has 1 heterocycles. The number of hydrogen-bond acceptors (Lipinski definition) is 5. The molecule has 1 saturated heterocycles. The van der Waals surface area contributed by atoms with E-state index in [2.05, 4.69) is 70.2 Å². The van der Waals surface area contributed by atoms with Crippen molar-refractivity contribution in [2.24, 2.45) is 0 Å². The van der Waals surface area contributed by atoms with Gasteiger partial charge in [-0.15, -0.1) is 11.8 Å². The van der Waals surface area contributed by atoms with Gasteiger partial charge in [-0.2, -0.15) is 0 Å². The van der Waals surface area contributed by atoms with Crippen LogP contribution in [0.4, 0.5) is 0 Å². The average molecular weight is 557 g/mol. The summed E-state index contributed by atoms with van der Waals surface area (Å²) in [6.07, 6.45) is 8.78. The summed E-state index contributed by atoms with van der Waals surface area (Å²) in [5.41, 5.74) is 5.42. The highest BCUT2D eigenvalue weighted by atomic mass is 32.2. The minimum atomic E-state index is 0.0741. The molecule has 1 aliphatic rings. The van der Waals surface area contributed by atoms with Crippen molar-refractivity contribution in [3.63, 3.8) is 0 Å². The van der Waals surface area contributed by atoms with E-state index in [1.54, 1.807) is 0 Å². The van der Waals surface area contributed by atoms with E-state index < -0.39 is 0 Å². The van der Waals surface area contributed by atoms with Crippen LogP contribution in [0.2, 0.25) is 0 Å². The molecule has 0 spiro atoms. The van der Waals surface area contributed by atoms with Gasteiger partial charge in [-0.05, 0) is 80.3 Å². The van der Waals surface area contributed by atoms with Crippen LogP contribution in [0, 0.1) is 6.92 Å². The Labute approximate surface area is 242 Å². The van der Waals surface area contributed by atoms with Crippen molar-refractivity contribution in [1.29, 1.82) is 0 Å². The van der Waals surface area contributed by atoms with Gasteiger partial charge in [0.15, 0.2) is 0 Å². The Kier molecular flexibility index (Phi) is 14.8. The molecule has 2 aromatic rings. The Morgan fingerprint density at radius 1 is 0.821 bits per heavy atom. The number of rotatable bonds is 18. The molecule has 2 aromatic carbocycles. The van der Waals surface area contributed by atoms with Gasteiger partial charge in [0.05, 0.1) is 30.7 Å². The lowest BCUT2D eigenvalue weighted by Crippen LogP contribution is -2.46. The van der Waals surface area contributed by atoms with Crippen molar-refractivity contribution in [3.8, 4) is 5.75 Å². The van der Waals surface area contributed by atoms with Gasteiger partial charge in [-0.1, -0.05) is 70.4 Å². The standard InChI is InChI=1S/C34H52O4S/c1-6-10-19-35-25-33-34(38-21-12-8-3)31(37-20-11-7-2)24-32(39-33)28-16-13-26(5)29(23-28)22-27-14-17-30(18-15-27)36-9-4/h13-18,23,31-34H,6-12,19-22,24-25H2,1-5H3/t31-,32-,33-,34+/m1/s1. The fourth-order valence-corrected chi connectivity index (χ4v) is 6.63. The van der Waals surface area contributed by atoms with E-state index in [0.29, 0.717) is 11.9 Å². The summed E-state index contributed by atoms with van der Waals surface area (Å²) >= 11 is 2.03. The van der Waals surface area contributed by atoms with E-state index in [-0.39, 0.29) is 17.5 Å². The van der Waals surface area contributed by atoms with Gasteiger partial charge in [0.1, 0.15) is 5.75 Å². The van der Waals surface area contributed by atoms with Crippen LogP contribution < -0.4 is 4.74 Å². The van der Waals surface area contributed by atoms with E-state index in [1.807, 2.05) is 18.7 Å². The second-order valence-electron chi connectivity index (χ2n) is 10.7. The second-order valence-corrected chi connectivity index (χ2v) is 12.2. The molecule has 0 N–H and O–H groups in total. The first-order valence-electron chi connectivity index (χ1n) is 15.4. The number of hydrogen-bond donors (Lipinski definition) is 0. The SMILES string of the molecule is CCCCOC[C@H]1S[C@@H](c2ccc(C)c(Cc3ccc(OCC)cc3)c2)C[C@@H](OCCCC)[C@@H]1OCCCC. The van der Waals surface area contributed by atoms with Crippen LogP contribution in [-0.4, -0.2) is 50.5 Å². The number of thioether (sulfide) groups is 1. The average Bonchev–Trinajstić information content (AvgIpc) is 2.94. The Morgan fingerprint density at radius 3 is 2.21 bits per heavy atom. The predicted octanol–water partition coefficient (Wildman–Crippen LogP) is 8.72. The number of unbranched alkanes of at least 4 members (excludes halogenated alkanes) is 3. The summed E-state index contributed by atoms with van der Waals surface area (Å²) in [5.74, 6) is 0.933. The van der Waals surface area contributed by atoms with E-state index >= 15 is 0 Å². The molecule has 0 aliphatic carbocycles. The first-order chi connectivity index (χ1) is 19.1. The van der Waals surface area contributed by atoms with Crippen LogP contribution in [-0.2, 0) is 20.6 Å². The van der Waals surface area contributed by atoms with Crippen molar-refractivity contribution >= 4 is 11.8 Å². The molecule has 4 atom stereocenters. The van der Waals surface area contributed by atoms with E-state index in [0.717, 1.165) is 83.5 Å². The first kappa shape index (κ1) is 32.0. The van der Waals surface area contributed by atoms with E-state index in [4.69, 9.17) is 18.9 Å². The van der Waals surface area contributed by atoms with Gasteiger partial charge >= 0.3 is 0 Å². The summed E-state index contributed by atoms with van der Waals surface area (Å²) in [5, 5.41) is 0.627. The summed E-state index contributed by atoms with van der Waals surface area (Å²) in [7, 11) is 0. The van der Waals surface area contributed by atoms with Crippen molar-refractivity contribution in [2.45, 2.75) is 109 Å². The van der Waals surface area contributed by atoms with Crippen molar-refractivity contribution in [3.05, 3.63) is 64.7 Å². The predicted molar refractivity (Wildman–Crippen MR) is 165 cm³/mol. The highest BCUT2D eigenvalue weighted by Crippen LogP contribution is 2.45. The molecule has 39 heavy (non-hydrogen) atoms. The monoisotopic (exact) mass is 556 g/mol. The van der Waals surface area contributed by atoms with Gasteiger partial charge in [0, 0.05) is 25.1 Å². The molecule has 5 heteroatoms. The van der Waals surface area contributed by atoms with Gasteiger partial charge < -0.3 is 18.9 Å². The molecule has 4 nitrogen and oxygen atoms in total. The molecule has 0 amide bonds. The highest BCUT2D eigenvalue weighted by Gasteiger charge is 2.40. The van der Waals surface area contributed by atoms with E-state index in [1.165, 1.54) is 22.3 Å². The largest absolute Gasteiger partial charge is 0.494 e. The third kappa shape index (κ3) is 10.4. The minimum Gasteiger partial charge on any atom is -0.494 e. The van der Waals surface area contributed by atoms with Crippen LogP contribution in [0.5, 0.6) is 5.75 Å². The summed E-state index contributed by atoms with van der Waals surface area (Å²) in [6.45, 7) is 14.7. The molecule has 0 unspecified atom stereocenters. The molecule has 218 valence electrons. The molecule has 3 rings (SSSR count). The highest BCUT2D eigenvalue weighted by molar-refractivity contribution is 8.00. The van der Waals surface area contributed by atoms with Crippen molar-refractivity contribution in [1.82, 2.24) is 0 Å². The quantitative estimate of drug-likeness (QED) is 0.172. The zero-order valence-corrected chi connectivity index (χ0v) is 25.9. The molecule has 0 saturated carbocycles. The topological polar surface area (TPSA) is 36.9 Å². The number of benzene rings is 2. The summed E-state index contributed by atoms with van der Waals surface area (Å²) < 4.78 is 24.9. The Bertz CT molecular complexity index is 931. The Balaban J connectivity index is 1.80. The normalized spacial score (nSPS) is 21.3. The lowest BCUT2D eigenvalue weighted by molar-refractivity contribution is -0.0888. The molecule has 1 fully saturated rings. The molecular weight excluding hydrogens is 504 g/mol. The Morgan fingerprint density at radius 2 is 1.51 bits per heavy atom. The lowest BCUT2D eigenvalue weighted by atomic mass is 9.94. The molecule has 0 radical (unpaired) electrons. The first-order valence-corrected chi connectivity index (χ1v) is 16.3. The van der Waals surface area contributed by atoms with E-state index in [9.17, 15) is 0 Å². The molecule has 0 bridgehead atoms. The maximum atomic E-state index is 6.55. The number of ether oxygens (including phenoxy) is 4. The smallest absolute Gasteiger partial charge is 0.119 e. The van der Waals surface area contributed by atoms with Crippen LogP contribution in [0.15, 0.2) is 42.5 Å². The maximum Gasteiger partial charge on any atom is 0.119 e. The van der Waals surface area contributed by atoms with Crippen molar-refractivity contribution < 1.29 is 18.9 Å². The van der Waals surface area contributed by atoms with Crippen LogP contribution in [0.3, 0.4) is 0 Å². The maximum absolute atomic E-state index is 6.55. The van der Waals surface area contributed by atoms with Gasteiger partial charge in [-0.25, -0.2) is 0 Å². The summed E-state index contributed by atoms with van der Waals surface area (Å²) in [6, 6.07) is 15.6. The van der Waals surface area contributed by atoms with Gasteiger partial charge in [0.2, 0.25) is 0 Å². The fourth-order valence-electron chi connectivity index (χ4n) is 5.02. The third-order valence-electron chi connectivity index (χ3n) is 7.45. The fraction of sp³-hybridized carbons (Fsp3) is 0.647. The lowest BCUT2D eigenvalue weighted by Gasteiger charge is -2.41. The zero-order chi connectivity index (χ0) is 27.9. The van der Waals surface area contributed by atoms with Crippen LogP contribution in [0.1, 0.15) is 100 Å². The third-order valence-corrected chi connectivity index (χ3v) is 9.00. The second kappa shape index (κ2) is 18.0. The number of aryl methyl sites for hydroxylation is 1. The molecule has 0 aromatic heterocycles. The Hall–Kier alpha value is -1.53. The van der Waals surface area contributed by atoms with Gasteiger partial charge in [0.25, 0.3) is 0 Å². The molecular formula is C34H52O4S. The van der Waals surface area contributed by atoms with Crippen LogP contribution >= 0.6 is 11.8 Å². The zero-order valence-electron chi connectivity index (χ0n) is 25.1.